The van der Waals surface area contributed by atoms with E-state index in [1.165, 1.54) is 11.3 Å². The highest BCUT2D eigenvalue weighted by Crippen LogP contribution is 2.45. The van der Waals surface area contributed by atoms with Crippen molar-refractivity contribution in [2.75, 3.05) is 7.05 Å². The number of nitrogens with one attached hydrogen (secondary N) is 1. The Morgan fingerprint density at radius 1 is 1.36 bits per heavy atom. The molecule has 0 saturated heterocycles. The van der Waals surface area contributed by atoms with Crippen molar-refractivity contribution < 1.29 is 5.11 Å². The molecule has 2 aromatic heterocycles. The number of aromatic nitrogens is 2. The zero-order valence-corrected chi connectivity index (χ0v) is 13.5. The van der Waals surface area contributed by atoms with Crippen molar-refractivity contribution in [1.29, 1.82) is 0 Å². The van der Waals surface area contributed by atoms with Gasteiger partial charge < -0.3 is 10.1 Å². The number of nitrogens with zero attached hydrogens (tertiary/aromatic N) is 2. The van der Waals surface area contributed by atoms with E-state index in [9.17, 15) is 9.90 Å². The molecule has 2 saturated carbocycles. The molecular formula is C16H21N3O2S. The number of aliphatic hydroxyl groups is 1. The molecule has 0 spiro atoms. The van der Waals surface area contributed by atoms with Crippen molar-refractivity contribution in [2.45, 2.75) is 44.4 Å². The van der Waals surface area contributed by atoms with E-state index in [0.29, 0.717) is 29.1 Å². The monoisotopic (exact) mass is 319 g/mol. The standard InChI is InChI=1S/C16H21N3O2S/c1-19(11-4-9-6-12(20)7-10(9)5-11)8-14-17-13-2-3-22-15(13)16(21)18-14/h2-3,9-12,20H,4-8H2,1H3,(H,17,18,21)/t9-,10+,11?,12?. The largest absolute Gasteiger partial charge is 0.393 e. The summed E-state index contributed by atoms with van der Waals surface area (Å²) < 4.78 is 0.704. The van der Waals surface area contributed by atoms with Crippen LogP contribution in [-0.2, 0) is 6.54 Å². The molecule has 0 bridgehead atoms. The van der Waals surface area contributed by atoms with Crippen molar-refractivity contribution in [3.8, 4) is 0 Å². The van der Waals surface area contributed by atoms with Crippen LogP contribution in [0.3, 0.4) is 0 Å². The lowest BCUT2D eigenvalue weighted by Crippen LogP contribution is -2.31. The van der Waals surface area contributed by atoms with Crippen LogP contribution in [0.1, 0.15) is 31.5 Å². The minimum atomic E-state index is -0.0831. The lowest BCUT2D eigenvalue weighted by molar-refractivity contribution is 0.157. The number of aliphatic hydroxyl groups excluding tert-OH is 1. The number of hydrogen-bond donors (Lipinski definition) is 2. The summed E-state index contributed by atoms with van der Waals surface area (Å²) in [5.41, 5.74) is 0.762. The van der Waals surface area contributed by atoms with E-state index in [2.05, 4.69) is 21.9 Å². The number of rotatable bonds is 3. The van der Waals surface area contributed by atoms with Crippen LogP contribution in [0.5, 0.6) is 0 Å². The minimum Gasteiger partial charge on any atom is -0.393 e. The van der Waals surface area contributed by atoms with Gasteiger partial charge in [0.2, 0.25) is 0 Å². The summed E-state index contributed by atoms with van der Waals surface area (Å²) in [7, 11) is 2.11. The lowest BCUT2D eigenvalue weighted by atomic mass is 10.0. The molecule has 0 radical (unpaired) electrons. The molecule has 2 N–H and O–H groups in total. The van der Waals surface area contributed by atoms with E-state index in [-0.39, 0.29) is 11.7 Å². The van der Waals surface area contributed by atoms with Crippen LogP contribution in [0.2, 0.25) is 0 Å². The molecule has 118 valence electrons. The minimum absolute atomic E-state index is 0.0326. The van der Waals surface area contributed by atoms with E-state index >= 15 is 0 Å². The third-order valence-corrected chi connectivity index (χ3v) is 6.25. The number of fused-ring (bicyclic) bond motifs is 2. The molecule has 0 amide bonds. The van der Waals surface area contributed by atoms with Gasteiger partial charge in [-0.3, -0.25) is 9.69 Å². The van der Waals surface area contributed by atoms with Crippen LogP contribution >= 0.6 is 11.3 Å². The maximum absolute atomic E-state index is 12.0. The average Bonchev–Trinajstić information content (AvgIpc) is 3.12. The van der Waals surface area contributed by atoms with E-state index in [4.69, 9.17) is 0 Å². The molecule has 5 nitrogen and oxygen atoms in total. The summed E-state index contributed by atoms with van der Waals surface area (Å²) >= 11 is 1.43. The number of H-pyrrole nitrogens is 1. The first-order valence-electron chi connectivity index (χ1n) is 7.95. The fourth-order valence-electron chi connectivity index (χ4n) is 4.27. The number of aromatic amines is 1. The summed E-state index contributed by atoms with van der Waals surface area (Å²) in [5.74, 6) is 2.10. The third kappa shape index (κ3) is 2.49. The molecule has 22 heavy (non-hydrogen) atoms. The summed E-state index contributed by atoms with van der Waals surface area (Å²) in [6.45, 7) is 0.674. The molecule has 2 fully saturated rings. The smallest absolute Gasteiger partial charge is 0.268 e. The summed E-state index contributed by atoms with van der Waals surface area (Å²) in [4.78, 5) is 21.8. The molecular weight excluding hydrogens is 298 g/mol. The molecule has 2 aliphatic carbocycles. The van der Waals surface area contributed by atoms with Gasteiger partial charge in [0.1, 0.15) is 10.5 Å². The highest BCUT2D eigenvalue weighted by Gasteiger charge is 2.42. The molecule has 0 aliphatic heterocycles. The Morgan fingerprint density at radius 2 is 2.09 bits per heavy atom. The van der Waals surface area contributed by atoms with Gasteiger partial charge in [-0.25, -0.2) is 4.98 Å². The van der Waals surface area contributed by atoms with Crippen molar-refractivity contribution in [3.63, 3.8) is 0 Å². The number of thiophene rings is 1. The molecule has 2 unspecified atom stereocenters. The first kappa shape index (κ1) is 14.4. The van der Waals surface area contributed by atoms with Crippen molar-refractivity contribution in [1.82, 2.24) is 14.9 Å². The summed E-state index contributed by atoms with van der Waals surface area (Å²) in [5, 5.41) is 11.7. The van der Waals surface area contributed by atoms with E-state index in [1.807, 2.05) is 11.4 Å². The Labute approximate surface area is 133 Å². The van der Waals surface area contributed by atoms with Gasteiger partial charge in [-0.15, -0.1) is 11.3 Å². The van der Waals surface area contributed by atoms with Crippen molar-refractivity contribution >= 4 is 21.6 Å². The van der Waals surface area contributed by atoms with Crippen LogP contribution in [0, 0.1) is 11.8 Å². The fraction of sp³-hybridized carbons (Fsp3) is 0.625. The zero-order valence-electron chi connectivity index (χ0n) is 12.7. The average molecular weight is 319 g/mol. The van der Waals surface area contributed by atoms with Crippen LogP contribution in [0.15, 0.2) is 16.2 Å². The van der Waals surface area contributed by atoms with Gasteiger partial charge in [0, 0.05) is 6.04 Å². The van der Waals surface area contributed by atoms with Gasteiger partial charge in [-0.2, -0.15) is 0 Å². The van der Waals surface area contributed by atoms with Gasteiger partial charge in [0.15, 0.2) is 0 Å². The van der Waals surface area contributed by atoms with Gasteiger partial charge >= 0.3 is 0 Å². The molecule has 2 aliphatic rings. The molecule has 0 aromatic carbocycles. The van der Waals surface area contributed by atoms with E-state index in [1.54, 1.807) is 0 Å². The Bertz CT molecular complexity index is 726. The lowest BCUT2D eigenvalue weighted by Gasteiger charge is -2.24. The normalized spacial score (nSPS) is 31.2. The Kier molecular flexibility index (Phi) is 3.55. The highest BCUT2D eigenvalue weighted by atomic mass is 32.1. The predicted octanol–water partition coefficient (Wildman–Crippen LogP) is 1.97. The molecule has 6 heteroatoms. The van der Waals surface area contributed by atoms with Gasteiger partial charge in [-0.1, -0.05) is 0 Å². The topological polar surface area (TPSA) is 69.2 Å². The Balaban J connectivity index is 1.47. The Morgan fingerprint density at radius 3 is 2.82 bits per heavy atom. The quantitative estimate of drug-likeness (QED) is 0.907. The van der Waals surface area contributed by atoms with Gasteiger partial charge in [0.25, 0.3) is 5.56 Å². The number of hydrogen-bond acceptors (Lipinski definition) is 5. The van der Waals surface area contributed by atoms with Crippen LogP contribution in [0.4, 0.5) is 0 Å². The van der Waals surface area contributed by atoms with E-state index < -0.39 is 0 Å². The summed E-state index contributed by atoms with van der Waals surface area (Å²) in [6.07, 6.45) is 4.16. The second kappa shape index (κ2) is 5.44. The molecule has 4 atom stereocenters. The van der Waals surface area contributed by atoms with Crippen LogP contribution < -0.4 is 5.56 Å². The first-order valence-corrected chi connectivity index (χ1v) is 8.83. The molecule has 2 aromatic rings. The second-order valence-corrected chi connectivity index (χ2v) is 7.75. The molecule has 4 rings (SSSR count). The first-order chi connectivity index (χ1) is 10.6. The van der Waals surface area contributed by atoms with Crippen molar-refractivity contribution in [3.05, 3.63) is 27.6 Å². The SMILES string of the molecule is CN(Cc1nc2ccsc2c(=O)[nH]1)C1C[C@H]2CC(O)C[C@H]2C1. The zero-order chi connectivity index (χ0) is 15.3. The van der Waals surface area contributed by atoms with Crippen LogP contribution in [0.25, 0.3) is 10.2 Å². The maximum atomic E-state index is 12.0. The van der Waals surface area contributed by atoms with Crippen molar-refractivity contribution in [2.24, 2.45) is 11.8 Å². The predicted molar refractivity (Wildman–Crippen MR) is 87.0 cm³/mol. The third-order valence-electron chi connectivity index (χ3n) is 5.35. The highest BCUT2D eigenvalue weighted by molar-refractivity contribution is 7.17. The molecule has 2 heterocycles. The second-order valence-electron chi connectivity index (χ2n) is 6.83. The van der Waals surface area contributed by atoms with Gasteiger partial charge in [-0.05, 0) is 56.0 Å². The van der Waals surface area contributed by atoms with Gasteiger partial charge in [0.05, 0.1) is 18.2 Å². The summed E-state index contributed by atoms with van der Waals surface area (Å²) in [6, 6.07) is 2.44. The Hall–Kier alpha value is -1.24. The fourth-order valence-corrected chi connectivity index (χ4v) is 5.00. The van der Waals surface area contributed by atoms with Crippen LogP contribution in [-0.4, -0.2) is 39.2 Å². The van der Waals surface area contributed by atoms with E-state index in [0.717, 1.165) is 37.0 Å². The maximum Gasteiger partial charge on any atom is 0.268 e.